The monoisotopic (exact) mass is 354 g/mol. The van der Waals surface area contributed by atoms with Crippen molar-refractivity contribution in [1.29, 1.82) is 0 Å². The van der Waals surface area contributed by atoms with Crippen LogP contribution in [-0.2, 0) is 4.74 Å². The van der Waals surface area contributed by atoms with Gasteiger partial charge in [0.1, 0.15) is 5.69 Å². The fourth-order valence-electron chi connectivity index (χ4n) is 3.28. The number of hydrogen-bond acceptors (Lipinski definition) is 2. The number of ether oxygens (including phenoxy) is 1. The highest BCUT2D eigenvalue weighted by atomic mass is 35.5. The van der Waals surface area contributed by atoms with Crippen LogP contribution in [0.5, 0.6) is 0 Å². The number of amides is 1. The van der Waals surface area contributed by atoms with Crippen LogP contribution in [0.15, 0.2) is 18.2 Å². The van der Waals surface area contributed by atoms with Gasteiger partial charge >= 0.3 is 0 Å². The Kier molecular flexibility index (Phi) is 5.14. The number of methoxy groups -OCH3 is 1. The van der Waals surface area contributed by atoms with E-state index in [1.165, 1.54) is 0 Å². The molecule has 0 unspecified atom stereocenters. The lowest BCUT2D eigenvalue weighted by molar-refractivity contribution is 0.0601. The third kappa shape index (κ3) is 3.35. The Balaban J connectivity index is 1.94. The van der Waals surface area contributed by atoms with Gasteiger partial charge < -0.3 is 14.6 Å². The molecule has 1 aromatic heterocycles. The number of H-pyrrole nitrogens is 1. The van der Waals surface area contributed by atoms with Crippen LogP contribution in [0.3, 0.4) is 0 Å². The summed E-state index contributed by atoms with van der Waals surface area (Å²) in [5.74, 6) is -0.0636. The summed E-state index contributed by atoms with van der Waals surface area (Å²) < 4.78 is 5.17. The van der Waals surface area contributed by atoms with E-state index in [1.807, 2.05) is 11.0 Å². The highest BCUT2D eigenvalue weighted by Crippen LogP contribution is 2.32. The third-order valence-electron chi connectivity index (χ3n) is 4.47. The first-order valence-electron chi connectivity index (χ1n) is 7.88. The fourth-order valence-corrected chi connectivity index (χ4v) is 3.73. The second-order valence-corrected chi connectivity index (χ2v) is 6.75. The number of aromatic amines is 1. The number of carbonyl (C=O) groups is 1. The molecule has 4 nitrogen and oxygen atoms in total. The van der Waals surface area contributed by atoms with Gasteiger partial charge in [-0.05, 0) is 31.0 Å². The van der Waals surface area contributed by atoms with Crippen molar-refractivity contribution < 1.29 is 9.53 Å². The largest absolute Gasteiger partial charge is 0.383 e. The van der Waals surface area contributed by atoms with Crippen LogP contribution in [0.2, 0.25) is 10.0 Å². The minimum atomic E-state index is -0.0636. The number of halogens is 2. The zero-order chi connectivity index (χ0) is 16.4. The molecule has 1 aliphatic rings. The fraction of sp³-hybridized carbons (Fsp3) is 0.471. The first-order valence-corrected chi connectivity index (χ1v) is 8.64. The Morgan fingerprint density at radius 3 is 2.78 bits per heavy atom. The van der Waals surface area contributed by atoms with E-state index in [4.69, 9.17) is 27.9 Å². The Labute approximate surface area is 145 Å². The summed E-state index contributed by atoms with van der Waals surface area (Å²) in [4.78, 5) is 18.1. The van der Waals surface area contributed by atoms with Crippen molar-refractivity contribution in [3.8, 4) is 0 Å². The minimum absolute atomic E-state index is 0.0636. The predicted molar refractivity (Wildman–Crippen MR) is 93.5 cm³/mol. The lowest BCUT2D eigenvalue weighted by atomic mass is 10.2. The third-order valence-corrected chi connectivity index (χ3v) is 5.10. The number of rotatable bonds is 5. The number of aromatic nitrogens is 1. The standard InChI is InChI=1S/C17H20Cl2N2O2/c1-23-9-8-21(12-4-2-3-5-12)17(22)16-15(19)13-10-11(18)6-7-14(13)20-16/h6-7,10,12,20H,2-5,8-9H2,1H3. The normalized spacial score (nSPS) is 15.4. The number of nitrogens with zero attached hydrogens (tertiary/aromatic N) is 1. The lowest BCUT2D eigenvalue weighted by Gasteiger charge is -2.28. The van der Waals surface area contributed by atoms with Crippen molar-refractivity contribution >= 4 is 40.0 Å². The average molecular weight is 355 g/mol. The topological polar surface area (TPSA) is 45.3 Å². The molecule has 0 spiro atoms. The summed E-state index contributed by atoms with van der Waals surface area (Å²) in [7, 11) is 1.65. The first-order chi connectivity index (χ1) is 11.1. The van der Waals surface area contributed by atoms with Crippen molar-refractivity contribution in [1.82, 2.24) is 9.88 Å². The SMILES string of the molecule is COCCN(C(=O)c1[nH]c2ccc(Cl)cc2c1Cl)C1CCCC1. The number of benzene rings is 1. The molecule has 1 aromatic carbocycles. The lowest BCUT2D eigenvalue weighted by Crippen LogP contribution is -2.41. The van der Waals surface area contributed by atoms with Crippen LogP contribution in [0.1, 0.15) is 36.2 Å². The molecule has 2 aromatic rings. The first kappa shape index (κ1) is 16.6. The average Bonchev–Trinajstić information content (AvgIpc) is 3.17. The van der Waals surface area contributed by atoms with Crippen LogP contribution in [0.4, 0.5) is 0 Å². The predicted octanol–water partition coefficient (Wildman–Crippen LogP) is 4.51. The van der Waals surface area contributed by atoms with E-state index in [9.17, 15) is 4.79 Å². The molecule has 124 valence electrons. The molecular formula is C17H20Cl2N2O2. The second kappa shape index (κ2) is 7.12. The van der Waals surface area contributed by atoms with E-state index < -0.39 is 0 Å². The molecule has 0 aliphatic heterocycles. The van der Waals surface area contributed by atoms with Crippen LogP contribution in [-0.4, -0.2) is 42.1 Å². The van der Waals surface area contributed by atoms with Crippen molar-refractivity contribution in [2.75, 3.05) is 20.3 Å². The Morgan fingerprint density at radius 2 is 2.09 bits per heavy atom. The van der Waals surface area contributed by atoms with Gasteiger partial charge in [0.15, 0.2) is 0 Å². The quantitative estimate of drug-likeness (QED) is 0.858. The van der Waals surface area contributed by atoms with Gasteiger partial charge in [0, 0.05) is 35.6 Å². The van der Waals surface area contributed by atoms with E-state index in [2.05, 4.69) is 4.98 Å². The van der Waals surface area contributed by atoms with Crippen LogP contribution in [0.25, 0.3) is 10.9 Å². The molecule has 6 heteroatoms. The molecule has 1 saturated carbocycles. The highest BCUT2D eigenvalue weighted by Gasteiger charge is 2.29. The maximum absolute atomic E-state index is 13.0. The highest BCUT2D eigenvalue weighted by molar-refractivity contribution is 6.39. The Bertz CT molecular complexity index is 708. The van der Waals surface area contributed by atoms with E-state index in [1.54, 1.807) is 19.2 Å². The van der Waals surface area contributed by atoms with Crippen LogP contribution in [0, 0.1) is 0 Å². The van der Waals surface area contributed by atoms with E-state index in [0.717, 1.165) is 36.6 Å². The molecule has 23 heavy (non-hydrogen) atoms. The van der Waals surface area contributed by atoms with Gasteiger partial charge in [-0.3, -0.25) is 4.79 Å². The molecule has 1 amide bonds. The summed E-state index contributed by atoms with van der Waals surface area (Å²) >= 11 is 12.5. The molecule has 1 N–H and O–H groups in total. The van der Waals surface area contributed by atoms with Gasteiger partial charge in [-0.15, -0.1) is 0 Å². The molecular weight excluding hydrogens is 335 g/mol. The van der Waals surface area contributed by atoms with Gasteiger partial charge in [-0.25, -0.2) is 0 Å². The molecule has 1 aliphatic carbocycles. The molecule has 0 radical (unpaired) electrons. The van der Waals surface area contributed by atoms with Crippen LogP contribution >= 0.6 is 23.2 Å². The molecule has 3 rings (SSSR count). The molecule has 1 fully saturated rings. The summed E-state index contributed by atoms with van der Waals surface area (Å²) in [5.41, 5.74) is 1.26. The van der Waals surface area contributed by atoms with Crippen molar-refractivity contribution in [2.45, 2.75) is 31.7 Å². The van der Waals surface area contributed by atoms with E-state index in [-0.39, 0.29) is 11.9 Å². The van der Waals surface area contributed by atoms with Crippen molar-refractivity contribution in [2.24, 2.45) is 0 Å². The van der Waals surface area contributed by atoms with Crippen LogP contribution < -0.4 is 0 Å². The number of hydrogen-bond donors (Lipinski definition) is 1. The Morgan fingerprint density at radius 1 is 1.35 bits per heavy atom. The van der Waals surface area contributed by atoms with Crippen molar-refractivity contribution in [3.63, 3.8) is 0 Å². The number of nitrogens with one attached hydrogen (secondary N) is 1. The second-order valence-electron chi connectivity index (χ2n) is 5.93. The van der Waals surface area contributed by atoms with Gasteiger partial charge in [0.2, 0.25) is 0 Å². The molecule has 0 saturated heterocycles. The van der Waals surface area contributed by atoms with Gasteiger partial charge in [-0.1, -0.05) is 36.0 Å². The smallest absolute Gasteiger partial charge is 0.272 e. The summed E-state index contributed by atoms with van der Waals surface area (Å²) in [6.07, 6.45) is 4.41. The van der Waals surface area contributed by atoms with Gasteiger partial charge in [0.05, 0.1) is 11.6 Å². The number of carbonyl (C=O) groups excluding carboxylic acids is 1. The summed E-state index contributed by atoms with van der Waals surface area (Å²) in [6.45, 7) is 1.10. The minimum Gasteiger partial charge on any atom is -0.383 e. The Hall–Kier alpha value is -1.23. The zero-order valence-corrected chi connectivity index (χ0v) is 14.6. The molecule has 0 bridgehead atoms. The molecule has 1 heterocycles. The zero-order valence-electron chi connectivity index (χ0n) is 13.1. The van der Waals surface area contributed by atoms with E-state index in [0.29, 0.717) is 28.9 Å². The molecule has 0 atom stereocenters. The van der Waals surface area contributed by atoms with Gasteiger partial charge in [-0.2, -0.15) is 0 Å². The number of fused-ring (bicyclic) bond motifs is 1. The summed E-state index contributed by atoms with van der Waals surface area (Å²) in [5, 5.41) is 1.82. The summed E-state index contributed by atoms with van der Waals surface area (Å²) in [6, 6.07) is 5.67. The van der Waals surface area contributed by atoms with Crippen molar-refractivity contribution in [3.05, 3.63) is 33.9 Å². The van der Waals surface area contributed by atoms with E-state index >= 15 is 0 Å². The van der Waals surface area contributed by atoms with Gasteiger partial charge in [0.25, 0.3) is 5.91 Å². The maximum Gasteiger partial charge on any atom is 0.272 e. The maximum atomic E-state index is 13.0.